The Bertz CT molecular complexity index is 1850. The maximum atomic E-state index is 13.2. The van der Waals surface area contributed by atoms with Crippen molar-refractivity contribution < 1.29 is 17.7 Å². The number of H-pyrrole nitrogens is 1. The number of thiazole rings is 1. The highest BCUT2D eigenvalue weighted by molar-refractivity contribution is 7.91. The van der Waals surface area contributed by atoms with Crippen LogP contribution in [-0.4, -0.2) is 41.2 Å². The lowest BCUT2D eigenvalue weighted by molar-refractivity contribution is 0.0976. The van der Waals surface area contributed by atoms with E-state index >= 15 is 0 Å². The van der Waals surface area contributed by atoms with Crippen molar-refractivity contribution in [3.8, 4) is 22.5 Å². The van der Waals surface area contributed by atoms with Crippen molar-refractivity contribution in [1.29, 1.82) is 0 Å². The van der Waals surface area contributed by atoms with Gasteiger partial charge >= 0.3 is 5.76 Å². The van der Waals surface area contributed by atoms with Gasteiger partial charge in [-0.25, -0.2) is 22.9 Å². The number of benzene rings is 2. The Morgan fingerprint density at radius 2 is 1.84 bits per heavy atom. The second-order valence-corrected chi connectivity index (χ2v) is 15.0. The minimum Gasteiger partial charge on any atom is -0.341 e. The van der Waals surface area contributed by atoms with E-state index in [0.29, 0.717) is 24.6 Å². The van der Waals surface area contributed by atoms with E-state index in [1.54, 1.807) is 0 Å². The zero-order chi connectivity index (χ0) is 29.9. The lowest BCUT2D eigenvalue weighted by Gasteiger charge is -2.29. The number of hydrogen-bond donors (Lipinski definition) is 2. The average molecular weight is 620 g/mol. The molecule has 2 aromatic carbocycles. The first-order valence-corrected chi connectivity index (χ1v) is 17.1. The molecular formula is C31H33N5O5S2. The number of aryl methyl sites for hydroxylation is 1. The quantitative estimate of drug-likeness (QED) is 0.223. The summed E-state index contributed by atoms with van der Waals surface area (Å²) >= 11 is 1.53. The molecule has 0 bridgehead atoms. The van der Waals surface area contributed by atoms with E-state index in [1.807, 2.05) is 19.1 Å². The molecule has 1 amide bonds. The highest BCUT2D eigenvalue weighted by atomic mass is 32.2. The second kappa shape index (κ2) is 10.7. The highest BCUT2D eigenvalue weighted by Gasteiger charge is 2.40. The van der Waals surface area contributed by atoms with Crippen LogP contribution in [0.4, 0.5) is 5.13 Å². The van der Waals surface area contributed by atoms with E-state index in [4.69, 9.17) is 9.51 Å². The van der Waals surface area contributed by atoms with Crippen LogP contribution in [0.2, 0.25) is 0 Å². The third-order valence-corrected chi connectivity index (χ3v) is 11.5. The molecule has 3 aliphatic carbocycles. The molecule has 12 heteroatoms. The minimum atomic E-state index is -3.66. The fourth-order valence-corrected chi connectivity index (χ4v) is 8.02. The molecule has 43 heavy (non-hydrogen) atoms. The number of amides is 1. The van der Waals surface area contributed by atoms with Crippen LogP contribution < -0.4 is 15.4 Å². The Balaban J connectivity index is 1.18. The third-order valence-electron chi connectivity index (χ3n) is 8.44. The first-order chi connectivity index (χ1) is 20.7. The summed E-state index contributed by atoms with van der Waals surface area (Å²) in [6.45, 7) is 4.99. The predicted molar refractivity (Wildman–Crippen MR) is 165 cm³/mol. The van der Waals surface area contributed by atoms with Crippen LogP contribution in [0.5, 0.6) is 0 Å². The van der Waals surface area contributed by atoms with Crippen LogP contribution in [0.15, 0.2) is 51.8 Å². The van der Waals surface area contributed by atoms with Gasteiger partial charge in [0.25, 0.3) is 5.91 Å². The maximum Gasteiger partial charge on any atom is 0.439 e. The number of sulfonamides is 1. The van der Waals surface area contributed by atoms with Crippen LogP contribution in [0.25, 0.3) is 22.5 Å². The number of nitrogens with zero attached hydrogens (tertiary/aromatic N) is 3. The second-order valence-electron chi connectivity index (χ2n) is 12.0. The molecule has 224 valence electrons. The summed E-state index contributed by atoms with van der Waals surface area (Å²) in [7, 11) is -3.66. The first kappa shape index (κ1) is 28.0. The van der Waals surface area contributed by atoms with Crippen LogP contribution in [0.3, 0.4) is 0 Å². The van der Waals surface area contributed by atoms with Gasteiger partial charge in [-0.1, -0.05) is 53.2 Å². The Labute approximate surface area is 253 Å². The molecule has 3 aliphatic rings. The van der Waals surface area contributed by atoms with Gasteiger partial charge in [-0.05, 0) is 80.9 Å². The van der Waals surface area contributed by atoms with Gasteiger partial charge in [0, 0.05) is 17.0 Å². The van der Waals surface area contributed by atoms with Crippen molar-refractivity contribution in [3.63, 3.8) is 0 Å². The van der Waals surface area contributed by atoms with Crippen molar-refractivity contribution in [3.05, 3.63) is 74.7 Å². The number of anilines is 1. The normalized spacial score (nSPS) is 17.5. The summed E-state index contributed by atoms with van der Waals surface area (Å²) in [5.41, 5.74) is 5.12. The highest BCUT2D eigenvalue weighted by Crippen LogP contribution is 2.48. The van der Waals surface area contributed by atoms with E-state index in [9.17, 15) is 18.0 Å². The Morgan fingerprint density at radius 3 is 2.47 bits per heavy atom. The summed E-state index contributed by atoms with van der Waals surface area (Å²) in [4.78, 5) is 35.4. The first-order valence-electron chi connectivity index (χ1n) is 14.8. The molecule has 2 aromatic heterocycles. The fraction of sp³-hybridized carbons (Fsp3) is 0.419. The van der Waals surface area contributed by atoms with Gasteiger partial charge in [0.05, 0.1) is 11.3 Å². The topological polar surface area (TPSA) is 138 Å². The lowest BCUT2D eigenvalue weighted by Crippen LogP contribution is -2.34. The van der Waals surface area contributed by atoms with Crippen molar-refractivity contribution >= 4 is 32.4 Å². The minimum absolute atomic E-state index is 0.0252. The number of aromatic amines is 1. The van der Waals surface area contributed by atoms with Gasteiger partial charge in [0.15, 0.2) is 11.0 Å². The number of hydrogen-bond acceptors (Lipinski definition) is 9. The molecular weight excluding hydrogens is 587 g/mol. The third kappa shape index (κ3) is 5.90. The van der Waals surface area contributed by atoms with Gasteiger partial charge < -0.3 is 4.90 Å². The van der Waals surface area contributed by atoms with Gasteiger partial charge in [0.2, 0.25) is 10.0 Å². The Kier molecular flexibility index (Phi) is 7.00. The van der Waals surface area contributed by atoms with Crippen molar-refractivity contribution in [2.45, 2.75) is 69.6 Å². The molecule has 2 heterocycles. The van der Waals surface area contributed by atoms with Crippen LogP contribution >= 0.6 is 11.3 Å². The van der Waals surface area contributed by atoms with E-state index in [1.165, 1.54) is 11.3 Å². The molecule has 10 nitrogen and oxygen atoms in total. The Morgan fingerprint density at radius 1 is 1.09 bits per heavy atom. The van der Waals surface area contributed by atoms with Crippen LogP contribution in [0, 0.1) is 12.8 Å². The SMILES string of the molecule is Cc1ccc(-c2noc(=O)[nH]2)c(-c2ccc(C(C)N(CC3CC3)c3nc(C(=O)NS(=O)(=O)C4CC4)c(C4CC4)s3)cc2)c1. The fourth-order valence-electron chi connectivity index (χ4n) is 5.42. The van der Waals surface area contributed by atoms with Crippen molar-refractivity contribution in [1.82, 2.24) is 19.8 Å². The zero-order valence-electron chi connectivity index (χ0n) is 24.0. The Hall–Kier alpha value is -3.77. The zero-order valence-corrected chi connectivity index (χ0v) is 25.6. The van der Waals surface area contributed by atoms with Crippen molar-refractivity contribution in [2.24, 2.45) is 5.92 Å². The van der Waals surface area contributed by atoms with Gasteiger partial charge in [0.1, 0.15) is 5.69 Å². The molecule has 0 radical (unpaired) electrons. The van der Waals surface area contributed by atoms with Crippen LogP contribution in [0.1, 0.15) is 83.9 Å². The molecule has 0 saturated heterocycles. The van der Waals surface area contributed by atoms with Crippen LogP contribution in [-0.2, 0) is 10.0 Å². The summed E-state index contributed by atoms with van der Waals surface area (Å²) in [6, 6.07) is 14.3. The maximum absolute atomic E-state index is 13.2. The molecule has 4 aromatic rings. The number of nitrogens with one attached hydrogen (secondary N) is 2. The molecule has 1 unspecified atom stereocenters. The summed E-state index contributed by atoms with van der Waals surface area (Å²) < 4.78 is 32.1. The van der Waals surface area contributed by atoms with E-state index in [2.05, 4.69) is 57.0 Å². The van der Waals surface area contributed by atoms with Gasteiger partial charge in [-0.15, -0.1) is 11.3 Å². The molecule has 2 N–H and O–H groups in total. The number of carbonyl (C=O) groups is 1. The molecule has 0 spiro atoms. The summed E-state index contributed by atoms with van der Waals surface area (Å²) in [5, 5.41) is 4.18. The summed E-state index contributed by atoms with van der Waals surface area (Å²) in [6.07, 6.45) is 5.49. The molecule has 3 saturated carbocycles. The van der Waals surface area contributed by atoms with E-state index in [0.717, 1.165) is 70.1 Å². The number of rotatable bonds is 11. The number of carbonyl (C=O) groups excluding carboxylic acids is 1. The molecule has 7 rings (SSSR count). The predicted octanol–water partition coefficient (Wildman–Crippen LogP) is 5.54. The monoisotopic (exact) mass is 619 g/mol. The van der Waals surface area contributed by atoms with E-state index in [-0.39, 0.29) is 17.7 Å². The largest absolute Gasteiger partial charge is 0.439 e. The van der Waals surface area contributed by atoms with Gasteiger partial charge in [-0.3, -0.25) is 14.3 Å². The number of aromatic nitrogens is 3. The molecule has 0 aliphatic heterocycles. The van der Waals surface area contributed by atoms with E-state index < -0.39 is 26.9 Å². The lowest BCUT2D eigenvalue weighted by atomic mass is 9.95. The summed E-state index contributed by atoms with van der Waals surface area (Å²) in [5.74, 6) is 0.00646. The smallest absolute Gasteiger partial charge is 0.341 e. The molecule has 3 fully saturated rings. The molecule has 1 atom stereocenters. The van der Waals surface area contributed by atoms with Gasteiger partial charge in [-0.2, -0.15) is 0 Å². The average Bonchev–Trinajstić information content (AvgIpc) is 3.87. The standard InChI is InChI=1S/C31H33N5O5S2/c1-17-3-14-24(28-33-31(38)41-34-28)25(15-17)21-8-6-20(7-9-21)18(2)36(16-19-4-5-19)30-32-26(27(42-30)22-10-11-22)29(37)35-43(39,40)23-12-13-23/h3,6-9,14-15,18-19,22-23H,4-5,10-13,16H2,1-2H3,(H,35,37)(H,33,34,38). The van der Waals surface area contributed by atoms with Crippen molar-refractivity contribution in [2.75, 3.05) is 11.4 Å².